The van der Waals surface area contributed by atoms with E-state index < -0.39 is 15.3 Å². The predicted octanol–water partition coefficient (Wildman–Crippen LogP) is 2.56. The zero-order valence-corrected chi connectivity index (χ0v) is 13.3. The molecule has 0 spiro atoms. The lowest BCUT2D eigenvalue weighted by atomic mass is 10.2. The van der Waals surface area contributed by atoms with Crippen LogP contribution in [0, 0.1) is 6.92 Å². The van der Waals surface area contributed by atoms with Crippen LogP contribution in [0.15, 0.2) is 22.7 Å². The molecule has 0 saturated heterocycles. The van der Waals surface area contributed by atoms with Gasteiger partial charge in [-0.25, -0.2) is 8.42 Å². The standard InChI is InChI=1S/C11H15BrN2O2S2/c1-3-10(11(13)17)18(15,16)14-9-5-4-8(12)6-7(9)2/h4-6,10,14H,3H2,1-2H3,(H2,13,17). The Morgan fingerprint density at radius 1 is 1.56 bits per heavy atom. The number of benzene rings is 1. The second-order valence-electron chi connectivity index (χ2n) is 3.91. The maximum Gasteiger partial charge on any atom is 0.242 e. The van der Waals surface area contributed by atoms with Crippen molar-refractivity contribution < 1.29 is 8.42 Å². The molecule has 0 bridgehead atoms. The lowest BCUT2D eigenvalue weighted by Crippen LogP contribution is -2.37. The van der Waals surface area contributed by atoms with E-state index in [-0.39, 0.29) is 4.99 Å². The summed E-state index contributed by atoms with van der Waals surface area (Å²) in [5.41, 5.74) is 6.81. The topological polar surface area (TPSA) is 72.2 Å². The van der Waals surface area contributed by atoms with Crippen molar-refractivity contribution in [1.29, 1.82) is 0 Å². The molecule has 0 aliphatic carbocycles. The van der Waals surface area contributed by atoms with Gasteiger partial charge in [-0.15, -0.1) is 0 Å². The van der Waals surface area contributed by atoms with Gasteiger partial charge in [0.1, 0.15) is 5.25 Å². The van der Waals surface area contributed by atoms with Gasteiger partial charge in [0, 0.05) is 4.47 Å². The first-order chi connectivity index (χ1) is 8.27. The summed E-state index contributed by atoms with van der Waals surface area (Å²) in [6.45, 7) is 3.56. The minimum absolute atomic E-state index is 0.0141. The van der Waals surface area contributed by atoms with E-state index in [9.17, 15) is 8.42 Å². The quantitative estimate of drug-likeness (QED) is 0.800. The van der Waals surface area contributed by atoms with E-state index in [0.717, 1.165) is 10.0 Å². The molecule has 0 saturated carbocycles. The molecule has 100 valence electrons. The van der Waals surface area contributed by atoms with Crippen molar-refractivity contribution in [1.82, 2.24) is 0 Å². The highest BCUT2D eigenvalue weighted by atomic mass is 79.9. The van der Waals surface area contributed by atoms with E-state index in [1.165, 1.54) is 0 Å². The number of anilines is 1. The van der Waals surface area contributed by atoms with Crippen LogP contribution in [-0.2, 0) is 10.0 Å². The first-order valence-corrected chi connectivity index (χ1v) is 8.09. The van der Waals surface area contributed by atoms with Crippen LogP contribution in [-0.4, -0.2) is 18.7 Å². The number of thiocarbonyl (C=S) groups is 1. The number of nitrogens with one attached hydrogen (secondary N) is 1. The maximum atomic E-state index is 12.1. The zero-order valence-electron chi connectivity index (χ0n) is 10.1. The van der Waals surface area contributed by atoms with Crippen molar-refractivity contribution in [2.45, 2.75) is 25.5 Å². The van der Waals surface area contributed by atoms with E-state index >= 15 is 0 Å². The third-order valence-corrected chi connectivity index (χ3v) is 5.27. The van der Waals surface area contributed by atoms with E-state index in [1.807, 2.05) is 13.0 Å². The molecule has 1 aromatic rings. The third kappa shape index (κ3) is 3.66. The summed E-state index contributed by atoms with van der Waals surface area (Å²) in [4.78, 5) is -0.0141. The predicted molar refractivity (Wildman–Crippen MR) is 82.3 cm³/mol. The Morgan fingerprint density at radius 2 is 2.17 bits per heavy atom. The summed E-state index contributed by atoms with van der Waals surface area (Å²) in [6.07, 6.45) is 0.347. The molecule has 1 unspecified atom stereocenters. The fourth-order valence-corrected chi connectivity index (χ4v) is 3.98. The zero-order chi connectivity index (χ0) is 13.9. The van der Waals surface area contributed by atoms with Crippen molar-refractivity contribution in [2.24, 2.45) is 5.73 Å². The molecule has 7 heteroatoms. The second-order valence-corrected chi connectivity index (χ2v) is 7.16. The van der Waals surface area contributed by atoms with Crippen LogP contribution in [0.25, 0.3) is 0 Å². The summed E-state index contributed by atoms with van der Waals surface area (Å²) in [7, 11) is -3.59. The van der Waals surface area contributed by atoms with Crippen molar-refractivity contribution in [3.05, 3.63) is 28.2 Å². The first kappa shape index (κ1) is 15.4. The minimum Gasteiger partial charge on any atom is -0.392 e. The molecule has 4 nitrogen and oxygen atoms in total. The molecule has 0 fully saturated rings. The summed E-state index contributed by atoms with van der Waals surface area (Å²) in [6, 6.07) is 5.30. The highest BCUT2D eigenvalue weighted by Gasteiger charge is 2.26. The average Bonchev–Trinajstić information content (AvgIpc) is 2.22. The maximum absolute atomic E-state index is 12.1. The number of rotatable bonds is 5. The molecule has 0 aliphatic heterocycles. The second kappa shape index (κ2) is 5.99. The van der Waals surface area contributed by atoms with Gasteiger partial charge in [0.25, 0.3) is 0 Å². The molecule has 0 aliphatic rings. The molecule has 0 heterocycles. The molecular weight excluding hydrogens is 336 g/mol. The van der Waals surface area contributed by atoms with Gasteiger partial charge >= 0.3 is 0 Å². The van der Waals surface area contributed by atoms with Gasteiger partial charge in [0.05, 0.1) is 10.7 Å². The van der Waals surface area contributed by atoms with Crippen LogP contribution in [0.1, 0.15) is 18.9 Å². The van der Waals surface area contributed by atoms with Gasteiger partial charge < -0.3 is 5.73 Å². The summed E-state index contributed by atoms with van der Waals surface area (Å²) >= 11 is 8.11. The Labute approximate surface area is 121 Å². The van der Waals surface area contributed by atoms with Gasteiger partial charge in [-0.05, 0) is 37.1 Å². The van der Waals surface area contributed by atoms with Gasteiger partial charge in [-0.2, -0.15) is 0 Å². The molecule has 1 atom stereocenters. The van der Waals surface area contributed by atoms with Crippen LogP contribution in [0.5, 0.6) is 0 Å². The molecule has 3 N–H and O–H groups in total. The number of hydrogen-bond donors (Lipinski definition) is 2. The smallest absolute Gasteiger partial charge is 0.242 e. The Balaban J connectivity index is 3.05. The largest absolute Gasteiger partial charge is 0.392 e. The summed E-state index contributed by atoms with van der Waals surface area (Å²) in [5.74, 6) is 0. The van der Waals surface area contributed by atoms with Crippen LogP contribution >= 0.6 is 28.1 Å². The van der Waals surface area contributed by atoms with E-state index in [2.05, 4.69) is 20.7 Å². The third-order valence-electron chi connectivity index (χ3n) is 2.50. The number of sulfonamides is 1. The molecule has 1 rings (SSSR count). The van der Waals surface area contributed by atoms with E-state index in [4.69, 9.17) is 18.0 Å². The highest BCUT2D eigenvalue weighted by molar-refractivity contribution is 9.10. The lowest BCUT2D eigenvalue weighted by Gasteiger charge is -2.17. The van der Waals surface area contributed by atoms with Crippen molar-refractivity contribution in [3.63, 3.8) is 0 Å². The Kier molecular flexibility index (Phi) is 5.12. The highest BCUT2D eigenvalue weighted by Crippen LogP contribution is 2.22. The normalized spacial score (nSPS) is 13.1. The molecule has 18 heavy (non-hydrogen) atoms. The molecule has 1 aromatic carbocycles. The van der Waals surface area contributed by atoms with Crippen LogP contribution in [0.3, 0.4) is 0 Å². The first-order valence-electron chi connectivity index (χ1n) is 5.35. The van der Waals surface area contributed by atoms with Crippen LogP contribution < -0.4 is 10.5 Å². The Bertz CT molecular complexity index is 558. The fraction of sp³-hybridized carbons (Fsp3) is 0.364. The summed E-state index contributed by atoms with van der Waals surface area (Å²) < 4.78 is 27.7. The van der Waals surface area contributed by atoms with Crippen LogP contribution in [0.4, 0.5) is 5.69 Å². The number of nitrogens with two attached hydrogens (primary N) is 1. The van der Waals surface area contributed by atoms with E-state index in [0.29, 0.717) is 12.1 Å². The number of aryl methyl sites for hydroxylation is 1. The average molecular weight is 351 g/mol. The van der Waals surface area contributed by atoms with Gasteiger partial charge in [-0.3, -0.25) is 4.72 Å². The molecular formula is C11H15BrN2O2S2. The molecule has 0 aromatic heterocycles. The molecule has 0 radical (unpaired) electrons. The van der Waals surface area contributed by atoms with Crippen molar-refractivity contribution >= 4 is 48.8 Å². The number of hydrogen-bond acceptors (Lipinski definition) is 3. The van der Waals surface area contributed by atoms with Crippen molar-refractivity contribution in [2.75, 3.05) is 4.72 Å². The summed E-state index contributed by atoms with van der Waals surface area (Å²) in [5, 5.41) is -0.851. The van der Waals surface area contributed by atoms with Crippen molar-refractivity contribution in [3.8, 4) is 0 Å². The Hall–Kier alpha value is -0.660. The van der Waals surface area contributed by atoms with E-state index in [1.54, 1.807) is 19.1 Å². The monoisotopic (exact) mass is 350 g/mol. The van der Waals surface area contributed by atoms with Gasteiger partial charge in [0.15, 0.2) is 0 Å². The molecule has 0 amide bonds. The lowest BCUT2D eigenvalue weighted by molar-refractivity contribution is 0.594. The fourth-order valence-electron chi connectivity index (χ4n) is 1.54. The van der Waals surface area contributed by atoms with Gasteiger partial charge in [0.2, 0.25) is 10.0 Å². The van der Waals surface area contributed by atoms with Gasteiger partial charge in [-0.1, -0.05) is 35.1 Å². The Morgan fingerprint density at radius 3 is 2.61 bits per heavy atom. The van der Waals surface area contributed by atoms with Crippen LogP contribution in [0.2, 0.25) is 0 Å². The SMILES string of the molecule is CCC(C(N)=S)S(=O)(=O)Nc1ccc(Br)cc1C. The number of halogens is 1. The minimum atomic E-state index is -3.59.